The Morgan fingerprint density at radius 1 is 0.962 bits per heavy atom. The molecule has 6 nitrogen and oxygen atoms in total. The van der Waals surface area contributed by atoms with Gasteiger partial charge in [-0.25, -0.2) is 9.97 Å². The third-order valence-corrected chi connectivity index (χ3v) is 4.88. The number of aromatic nitrogens is 4. The smallest absolute Gasteiger partial charge is 0.162 e. The fourth-order valence-corrected chi connectivity index (χ4v) is 3.29. The Kier molecular flexibility index (Phi) is 4.84. The number of anilines is 1. The second-order valence-electron chi connectivity index (χ2n) is 6.58. The molecule has 0 bridgehead atoms. The Labute approximate surface area is 153 Å². The molecule has 2 N–H and O–H groups in total. The molecule has 0 radical (unpaired) electrons. The molecule has 0 aromatic carbocycles. The van der Waals surface area contributed by atoms with Crippen molar-refractivity contribution in [2.45, 2.75) is 12.8 Å². The van der Waals surface area contributed by atoms with Crippen LogP contribution in [0.4, 0.5) is 5.82 Å². The van der Waals surface area contributed by atoms with Gasteiger partial charge in [0.2, 0.25) is 0 Å². The van der Waals surface area contributed by atoms with Gasteiger partial charge in [0.05, 0.1) is 5.69 Å². The topological polar surface area (TPSA) is 80.8 Å². The highest BCUT2D eigenvalue weighted by molar-refractivity contribution is 5.67. The van der Waals surface area contributed by atoms with Crippen molar-refractivity contribution < 1.29 is 0 Å². The van der Waals surface area contributed by atoms with Crippen molar-refractivity contribution in [2.24, 2.45) is 11.7 Å². The van der Waals surface area contributed by atoms with Gasteiger partial charge in [-0.3, -0.25) is 9.97 Å². The van der Waals surface area contributed by atoms with Gasteiger partial charge in [0.25, 0.3) is 0 Å². The van der Waals surface area contributed by atoms with Gasteiger partial charge in [0.1, 0.15) is 5.82 Å². The zero-order valence-corrected chi connectivity index (χ0v) is 14.6. The Morgan fingerprint density at radius 2 is 1.77 bits per heavy atom. The molecule has 1 aliphatic rings. The van der Waals surface area contributed by atoms with E-state index >= 15 is 0 Å². The lowest BCUT2D eigenvalue weighted by Crippen LogP contribution is -2.36. The van der Waals surface area contributed by atoms with Gasteiger partial charge >= 0.3 is 0 Å². The average molecular weight is 346 g/mol. The first kappa shape index (κ1) is 16.6. The number of pyridine rings is 2. The summed E-state index contributed by atoms with van der Waals surface area (Å²) in [5, 5.41) is 0. The lowest BCUT2D eigenvalue weighted by molar-refractivity contribution is 0.413. The van der Waals surface area contributed by atoms with E-state index in [0.717, 1.165) is 55.1 Å². The van der Waals surface area contributed by atoms with Crippen LogP contribution in [0.2, 0.25) is 0 Å². The van der Waals surface area contributed by atoms with E-state index in [-0.39, 0.29) is 0 Å². The summed E-state index contributed by atoms with van der Waals surface area (Å²) in [6.45, 7) is 2.71. The van der Waals surface area contributed by atoms with Crippen LogP contribution in [0.25, 0.3) is 22.6 Å². The van der Waals surface area contributed by atoms with E-state index in [2.05, 4.69) is 20.9 Å². The molecule has 4 heterocycles. The van der Waals surface area contributed by atoms with Gasteiger partial charge in [-0.05, 0) is 49.6 Å². The van der Waals surface area contributed by atoms with Crippen molar-refractivity contribution in [2.75, 3.05) is 24.5 Å². The van der Waals surface area contributed by atoms with Crippen LogP contribution in [0.15, 0.2) is 55.1 Å². The van der Waals surface area contributed by atoms with Crippen LogP contribution < -0.4 is 10.6 Å². The van der Waals surface area contributed by atoms with E-state index in [9.17, 15) is 0 Å². The maximum Gasteiger partial charge on any atom is 0.162 e. The predicted molar refractivity (Wildman–Crippen MR) is 102 cm³/mol. The van der Waals surface area contributed by atoms with Crippen LogP contribution in [-0.2, 0) is 0 Å². The lowest BCUT2D eigenvalue weighted by Gasteiger charge is -2.32. The molecule has 6 heteroatoms. The summed E-state index contributed by atoms with van der Waals surface area (Å²) in [5.74, 6) is 2.29. The van der Waals surface area contributed by atoms with Crippen molar-refractivity contribution in [3.05, 3.63) is 55.1 Å². The minimum atomic E-state index is 0.616. The second-order valence-corrected chi connectivity index (χ2v) is 6.58. The summed E-state index contributed by atoms with van der Waals surface area (Å²) < 4.78 is 0. The number of piperidine rings is 1. The Morgan fingerprint density at radius 3 is 2.46 bits per heavy atom. The molecule has 1 aliphatic heterocycles. The van der Waals surface area contributed by atoms with E-state index in [0.29, 0.717) is 11.7 Å². The lowest BCUT2D eigenvalue weighted by atomic mass is 9.97. The molecule has 4 rings (SSSR count). The van der Waals surface area contributed by atoms with Crippen LogP contribution in [0.1, 0.15) is 12.8 Å². The second kappa shape index (κ2) is 7.58. The van der Waals surface area contributed by atoms with Gasteiger partial charge in [-0.2, -0.15) is 0 Å². The molecule has 3 aromatic rings. The summed E-state index contributed by atoms with van der Waals surface area (Å²) in [5.41, 5.74) is 8.67. The standard InChI is InChI=1S/C20H22N6/c21-13-15-5-10-26(11-6-15)19-12-18(17-2-1-7-23-14-17)24-20(25-19)16-3-8-22-9-4-16/h1-4,7-9,12,14-15H,5-6,10-11,13,21H2. The Hall–Kier alpha value is -2.86. The van der Waals surface area contributed by atoms with Crippen molar-refractivity contribution in [1.29, 1.82) is 0 Å². The minimum absolute atomic E-state index is 0.616. The van der Waals surface area contributed by atoms with E-state index in [1.807, 2.05) is 30.5 Å². The van der Waals surface area contributed by atoms with Crippen LogP contribution in [0, 0.1) is 5.92 Å². The van der Waals surface area contributed by atoms with Gasteiger partial charge in [0.15, 0.2) is 5.82 Å². The van der Waals surface area contributed by atoms with Crippen molar-refractivity contribution in [3.8, 4) is 22.6 Å². The van der Waals surface area contributed by atoms with Gasteiger partial charge in [-0.1, -0.05) is 0 Å². The molecule has 0 saturated carbocycles. The van der Waals surface area contributed by atoms with Crippen LogP contribution in [0.3, 0.4) is 0 Å². The van der Waals surface area contributed by atoms with E-state index < -0.39 is 0 Å². The highest BCUT2D eigenvalue weighted by Crippen LogP contribution is 2.28. The fourth-order valence-electron chi connectivity index (χ4n) is 3.29. The number of nitrogens with two attached hydrogens (primary N) is 1. The summed E-state index contributed by atoms with van der Waals surface area (Å²) in [6, 6.07) is 9.89. The number of hydrogen-bond donors (Lipinski definition) is 1. The van der Waals surface area contributed by atoms with Crippen LogP contribution in [-0.4, -0.2) is 39.6 Å². The van der Waals surface area contributed by atoms with Gasteiger partial charge in [-0.15, -0.1) is 0 Å². The molecule has 0 atom stereocenters. The van der Waals surface area contributed by atoms with Gasteiger partial charge in [0, 0.05) is 55.1 Å². The normalized spacial score (nSPS) is 15.2. The molecule has 132 valence electrons. The zero-order valence-electron chi connectivity index (χ0n) is 14.6. The van der Waals surface area contributed by atoms with Crippen LogP contribution >= 0.6 is 0 Å². The quantitative estimate of drug-likeness (QED) is 0.782. The van der Waals surface area contributed by atoms with Gasteiger partial charge < -0.3 is 10.6 Å². The van der Waals surface area contributed by atoms with E-state index in [4.69, 9.17) is 15.7 Å². The predicted octanol–water partition coefficient (Wildman–Crippen LogP) is 2.78. The van der Waals surface area contributed by atoms with Crippen molar-refractivity contribution >= 4 is 5.82 Å². The molecule has 26 heavy (non-hydrogen) atoms. The Balaban J connectivity index is 1.74. The van der Waals surface area contributed by atoms with E-state index in [1.54, 1.807) is 18.6 Å². The SMILES string of the molecule is NCC1CCN(c2cc(-c3cccnc3)nc(-c3ccncc3)n2)CC1. The summed E-state index contributed by atoms with van der Waals surface area (Å²) in [6.07, 6.45) is 9.35. The third-order valence-electron chi connectivity index (χ3n) is 4.88. The molecule has 1 fully saturated rings. The number of rotatable bonds is 4. The maximum absolute atomic E-state index is 5.83. The number of nitrogens with zero attached hydrogens (tertiary/aromatic N) is 5. The highest BCUT2D eigenvalue weighted by Gasteiger charge is 2.20. The first-order valence-corrected chi connectivity index (χ1v) is 8.98. The van der Waals surface area contributed by atoms with E-state index in [1.165, 1.54) is 0 Å². The van der Waals surface area contributed by atoms with Crippen LogP contribution in [0.5, 0.6) is 0 Å². The Bertz CT molecular complexity index is 787. The average Bonchev–Trinajstić information content (AvgIpc) is 2.75. The first-order valence-electron chi connectivity index (χ1n) is 8.98. The molecule has 0 amide bonds. The molecule has 0 unspecified atom stereocenters. The maximum atomic E-state index is 5.83. The summed E-state index contributed by atoms with van der Waals surface area (Å²) in [7, 11) is 0. The van der Waals surface area contributed by atoms with Crippen molar-refractivity contribution in [3.63, 3.8) is 0 Å². The summed E-state index contributed by atoms with van der Waals surface area (Å²) >= 11 is 0. The molecular formula is C20H22N6. The molecule has 3 aromatic heterocycles. The molecular weight excluding hydrogens is 324 g/mol. The minimum Gasteiger partial charge on any atom is -0.356 e. The third kappa shape index (κ3) is 3.55. The largest absolute Gasteiger partial charge is 0.356 e. The zero-order chi connectivity index (χ0) is 17.8. The summed E-state index contributed by atoms with van der Waals surface area (Å²) in [4.78, 5) is 20.3. The highest BCUT2D eigenvalue weighted by atomic mass is 15.2. The molecule has 0 spiro atoms. The number of hydrogen-bond acceptors (Lipinski definition) is 6. The fraction of sp³-hybridized carbons (Fsp3) is 0.300. The monoisotopic (exact) mass is 346 g/mol. The van der Waals surface area contributed by atoms with Crippen molar-refractivity contribution in [1.82, 2.24) is 19.9 Å². The molecule has 1 saturated heterocycles. The molecule has 0 aliphatic carbocycles. The first-order chi connectivity index (χ1) is 12.8.